The van der Waals surface area contributed by atoms with E-state index < -0.39 is 0 Å². The van der Waals surface area contributed by atoms with Crippen LogP contribution in [0.3, 0.4) is 0 Å². The first-order valence-electron chi connectivity index (χ1n) is 16.4. The summed E-state index contributed by atoms with van der Waals surface area (Å²) in [7, 11) is 0. The second kappa shape index (κ2) is 11.0. The Labute approximate surface area is 285 Å². The maximum Gasteiger partial charge on any atom is 0.266 e. The standard InChI is InChI=1S/C43H26N6O/c50-42-33-22-19-31(26-35(33)44-39-24-21-27-11-7-9-17-36(27)49(39)42)30-20-23-38-34(25-30)32-16-8-10-18-37(32)48(38)43-46-40(28-12-3-1-4-13-28)45-41(47-43)29-14-5-2-6-15-29/h1-26H. The van der Waals surface area contributed by atoms with Gasteiger partial charge in [0.1, 0.15) is 5.65 Å². The lowest BCUT2D eigenvalue weighted by Crippen LogP contribution is -2.15. The Morgan fingerprint density at radius 2 is 1.04 bits per heavy atom. The van der Waals surface area contributed by atoms with Gasteiger partial charge in [0, 0.05) is 21.9 Å². The van der Waals surface area contributed by atoms with Gasteiger partial charge in [0.05, 0.1) is 27.5 Å². The van der Waals surface area contributed by atoms with Crippen LogP contribution in [-0.2, 0) is 0 Å². The smallest absolute Gasteiger partial charge is 0.266 e. The van der Waals surface area contributed by atoms with Gasteiger partial charge in [-0.3, -0.25) is 13.8 Å². The number of benzene rings is 6. The summed E-state index contributed by atoms with van der Waals surface area (Å²) in [4.78, 5) is 33.7. The number of pyridine rings is 1. The van der Waals surface area contributed by atoms with Crippen molar-refractivity contribution in [1.29, 1.82) is 0 Å². The topological polar surface area (TPSA) is 78.0 Å². The molecular formula is C43H26N6O. The highest BCUT2D eigenvalue weighted by molar-refractivity contribution is 6.10. The molecule has 10 aromatic rings. The molecule has 0 saturated carbocycles. The molecule has 0 radical (unpaired) electrons. The third kappa shape index (κ3) is 4.41. The highest BCUT2D eigenvalue weighted by Gasteiger charge is 2.18. The van der Waals surface area contributed by atoms with Gasteiger partial charge in [-0.25, -0.2) is 9.97 Å². The molecule has 234 valence electrons. The van der Waals surface area contributed by atoms with Gasteiger partial charge in [-0.1, -0.05) is 109 Å². The van der Waals surface area contributed by atoms with Crippen LogP contribution in [0.5, 0.6) is 0 Å². The van der Waals surface area contributed by atoms with Crippen LogP contribution in [0.25, 0.3) is 89.1 Å². The van der Waals surface area contributed by atoms with Crippen molar-refractivity contribution in [3.8, 4) is 39.9 Å². The molecule has 0 unspecified atom stereocenters. The minimum atomic E-state index is -0.0750. The molecule has 0 aliphatic rings. The molecule has 0 N–H and O–H groups in total. The average molecular weight is 643 g/mol. The van der Waals surface area contributed by atoms with Crippen molar-refractivity contribution < 1.29 is 0 Å². The van der Waals surface area contributed by atoms with E-state index in [1.807, 2.05) is 121 Å². The maximum absolute atomic E-state index is 13.7. The maximum atomic E-state index is 13.7. The Hall–Kier alpha value is -6.99. The molecule has 0 bridgehead atoms. The van der Waals surface area contributed by atoms with Gasteiger partial charge < -0.3 is 0 Å². The molecule has 10 rings (SSSR count). The van der Waals surface area contributed by atoms with Crippen LogP contribution >= 0.6 is 0 Å². The number of nitrogens with zero attached hydrogens (tertiary/aromatic N) is 6. The van der Waals surface area contributed by atoms with Crippen molar-refractivity contribution in [3.63, 3.8) is 0 Å². The summed E-state index contributed by atoms with van der Waals surface area (Å²) in [6.45, 7) is 0. The highest BCUT2D eigenvalue weighted by atomic mass is 16.1. The zero-order chi connectivity index (χ0) is 33.2. The molecule has 4 heterocycles. The molecule has 0 fully saturated rings. The van der Waals surface area contributed by atoms with Crippen LogP contribution in [-0.4, -0.2) is 28.9 Å². The first kappa shape index (κ1) is 28.1. The van der Waals surface area contributed by atoms with Gasteiger partial charge in [-0.05, 0) is 65.0 Å². The molecule has 0 aliphatic carbocycles. The summed E-state index contributed by atoms with van der Waals surface area (Å²) in [6, 6.07) is 52.5. The zero-order valence-electron chi connectivity index (χ0n) is 26.6. The second-order valence-electron chi connectivity index (χ2n) is 12.3. The van der Waals surface area contributed by atoms with E-state index in [2.05, 4.69) is 41.0 Å². The Kier molecular flexibility index (Phi) is 6.19. The van der Waals surface area contributed by atoms with E-state index in [9.17, 15) is 4.79 Å². The fourth-order valence-corrected chi connectivity index (χ4v) is 6.99. The van der Waals surface area contributed by atoms with E-state index in [0.29, 0.717) is 34.1 Å². The summed E-state index contributed by atoms with van der Waals surface area (Å²) in [5, 5.41) is 3.73. The zero-order valence-corrected chi connectivity index (χ0v) is 26.6. The Bertz CT molecular complexity index is 2950. The summed E-state index contributed by atoms with van der Waals surface area (Å²) < 4.78 is 3.82. The molecule has 50 heavy (non-hydrogen) atoms. The molecule has 0 aliphatic heterocycles. The number of rotatable bonds is 4. The van der Waals surface area contributed by atoms with Crippen LogP contribution in [0.4, 0.5) is 0 Å². The molecular weight excluding hydrogens is 617 g/mol. The van der Waals surface area contributed by atoms with Crippen LogP contribution < -0.4 is 5.56 Å². The lowest BCUT2D eigenvalue weighted by atomic mass is 10.0. The fraction of sp³-hybridized carbons (Fsp3) is 0. The molecule has 6 aromatic carbocycles. The SMILES string of the molecule is O=c1c2ccc(-c3ccc4c(c3)c3ccccc3n4-c3nc(-c4ccccc4)nc(-c4ccccc4)n3)cc2nc2ccc3ccccc3n12. The van der Waals surface area contributed by atoms with Gasteiger partial charge in [-0.2, -0.15) is 9.97 Å². The number of hydrogen-bond acceptors (Lipinski definition) is 5. The monoisotopic (exact) mass is 642 g/mol. The minimum absolute atomic E-state index is 0.0750. The number of aromatic nitrogens is 6. The van der Waals surface area contributed by atoms with Crippen LogP contribution in [0.1, 0.15) is 0 Å². The van der Waals surface area contributed by atoms with Crippen molar-refractivity contribution in [1.82, 2.24) is 28.9 Å². The second-order valence-corrected chi connectivity index (χ2v) is 12.3. The third-order valence-corrected chi connectivity index (χ3v) is 9.38. The van der Waals surface area contributed by atoms with Gasteiger partial charge in [0.2, 0.25) is 5.95 Å². The quantitative estimate of drug-likeness (QED) is 0.141. The molecule has 0 amide bonds. The van der Waals surface area contributed by atoms with Crippen molar-refractivity contribution in [2.24, 2.45) is 0 Å². The van der Waals surface area contributed by atoms with E-state index >= 15 is 0 Å². The molecule has 7 nitrogen and oxygen atoms in total. The normalized spacial score (nSPS) is 11.7. The highest BCUT2D eigenvalue weighted by Crippen LogP contribution is 2.35. The molecule has 7 heteroatoms. The van der Waals surface area contributed by atoms with Crippen molar-refractivity contribution in [3.05, 3.63) is 168 Å². The molecule has 4 aromatic heterocycles. The van der Waals surface area contributed by atoms with E-state index in [0.717, 1.165) is 55.0 Å². The molecule has 0 spiro atoms. The summed E-state index contributed by atoms with van der Waals surface area (Å²) in [5.41, 5.74) is 7.87. The number of hydrogen-bond donors (Lipinski definition) is 0. The van der Waals surface area contributed by atoms with Crippen LogP contribution in [0, 0.1) is 0 Å². The van der Waals surface area contributed by atoms with E-state index in [1.165, 1.54) is 0 Å². The molecule has 0 atom stereocenters. The van der Waals surface area contributed by atoms with Gasteiger partial charge in [0.15, 0.2) is 11.6 Å². The van der Waals surface area contributed by atoms with Crippen LogP contribution in [0.2, 0.25) is 0 Å². The summed E-state index contributed by atoms with van der Waals surface area (Å²) in [6.07, 6.45) is 0. The predicted molar refractivity (Wildman–Crippen MR) is 201 cm³/mol. The Morgan fingerprint density at radius 1 is 0.420 bits per heavy atom. The number of fused-ring (bicyclic) bond motifs is 7. The van der Waals surface area contributed by atoms with Gasteiger partial charge in [-0.15, -0.1) is 0 Å². The third-order valence-electron chi connectivity index (χ3n) is 9.38. The van der Waals surface area contributed by atoms with Crippen LogP contribution in [0.15, 0.2) is 163 Å². The number of para-hydroxylation sites is 2. The summed E-state index contributed by atoms with van der Waals surface area (Å²) in [5.74, 6) is 1.76. The average Bonchev–Trinajstić information content (AvgIpc) is 3.52. The van der Waals surface area contributed by atoms with E-state index in [4.69, 9.17) is 19.9 Å². The Balaban J connectivity index is 1.16. The summed E-state index contributed by atoms with van der Waals surface area (Å²) >= 11 is 0. The van der Waals surface area contributed by atoms with Crippen molar-refractivity contribution in [2.75, 3.05) is 0 Å². The minimum Gasteiger partial charge on any atom is -0.278 e. The van der Waals surface area contributed by atoms with Crippen molar-refractivity contribution in [2.45, 2.75) is 0 Å². The van der Waals surface area contributed by atoms with Gasteiger partial charge >= 0.3 is 0 Å². The van der Waals surface area contributed by atoms with E-state index in [-0.39, 0.29) is 5.56 Å². The van der Waals surface area contributed by atoms with Gasteiger partial charge in [0.25, 0.3) is 5.56 Å². The lowest BCUT2D eigenvalue weighted by molar-refractivity contribution is 0.953. The predicted octanol–water partition coefficient (Wildman–Crippen LogP) is 9.28. The lowest BCUT2D eigenvalue weighted by Gasteiger charge is -2.11. The van der Waals surface area contributed by atoms with E-state index in [1.54, 1.807) is 4.40 Å². The largest absolute Gasteiger partial charge is 0.278 e. The first-order chi connectivity index (χ1) is 24.7. The fourth-order valence-electron chi connectivity index (χ4n) is 6.99. The molecule has 0 saturated heterocycles. The Morgan fingerprint density at radius 3 is 1.80 bits per heavy atom. The van der Waals surface area contributed by atoms with Crippen molar-refractivity contribution >= 4 is 49.3 Å². The first-order valence-corrected chi connectivity index (χ1v) is 16.4.